The van der Waals surface area contributed by atoms with Crippen molar-refractivity contribution in [2.24, 2.45) is 10.7 Å². The van der Waals surface area contributed by atoms with Crippen LogP contribution in [0.5, 0.6) is 11.5 Å². The van der Waals surface area contributed by atoms with E-state index in [1.165, 1.54) is 12.0 Å². The van der Waals surface area contributed by atoms with Crippen LogP contribution in [0.2, 0.25) is 0 Å². The Labute approximate surface area is 183 Å². The van der Waals surface area contributed by atoms with Crippen molar-refractivity contribution in [1.82, 2.24) is 5.32 Å². The Bertz CT molecular complexity index is 819. The van der Waals surface area contributed by atoms with E-state index in [0.717, 1.165) is 36.3 Å². The number of para-hydroxylation sites is 1. The summed E-state index contributed by atoms with van der Waals surface area (Å²) in [5.74, 6) is 2.33. The van der Waals surface area contributed by atoms with Crippen LogP contribution in [0, 0.1) is 0 Å². The van der Waals surface area contributed by atoms with Gasteiger partial charge >= 0.3 is 0 Å². The van der Waals surface area contributed by atoms with Gasteiger partial charge in [0.1, 0.15) is 11.5 Å². The second kappa shape index (κ2) is 9.03. The number of benzene rings is 2. The Morgan fingerprint density at radius 2 is 1.96 bits per heavy atom. The number of nitrogens with zero attached hydrogens (tertiary/aromatic N) is 1. The van der Waals surface area contributed by atoms with Crippen molar-refractivity contribution in [2.75, 3.05) is 20.3 Å². The van der Waals surface area contributed by atoms with Gasteiger partial charge in [0.15, 0.2) is 5.96 Å². The van der Waals surface area contributed by atoms with E-state index in [2.05, 4.69) is 23.5 Å². The number of nitrogens with two attached hydrogens (primary N) is 1. The van der Waals surface area contributed by atoms with Crippen molar-refractivity contribution in [3.8, 4) is 11.5 Å². The van der Waals surface area contributed by atoms with Gasteiger partial charge in [-0.15, -0.1) is 24.0 Å². The Kier molecular flexibility index (Phi) is 6.69. The third kappa shape index (κ3) is 4.21. The first-order valence-electron chi connectivity index (χ1n) is 9.63. The zero-order valence-electron chi connectivity index (χ0n) is 16.2. The summed E-state index contributed by atoms with van der Waals surface area (Å²) in [6.45, 7) is 1.40. The topological polar surface area (TPSA) is 68.9 Å². The molecule has 0 aromatic heterocycles. The quantitative estimate of drug-likeness (QED) is 0.373. The van der Waals surface area contributed by atoms with E-state index in [9.17, 15) is 0 Å². The Balaban J connectivity index is 0.00000225. The van der Waals surface area contributed by atoms with Crippen LogP contribution < -0.4 is 20.5 Å². The lowest BCUT2D eigenvalue weighted by atomic mass is 9.64. The molecule has 3 N–H and O–H groups in total. The van der Waals surface area contributed by atoms with Crippen molar-refractivity contribution in [1.29, 1.82) is 0 Å². The molecule has 5 nitrogen and oxygen atoms in total. The lowest BCUT2D eigenvalue weighted by Crippen LogP contribution is -2.41. The molecule has 2 aliphatic rings. The SMILES string of the molecule is COc1ccc(C2(CN=C(N)NC3CCOc4ccccc43)CCC2)cc1.I. The van der Waals surface area contributed by atoms with E-state index >= 15 is 0 Å². The fraction of sp³-hybridized carbons (Fsp3) is 0.409. The van der Waals surface area contributed by atoms with Gasteiger partial charge in [-0.1, -0.05) is 36.8 Å². The average Bonchev–Trinajstić information content (AvgIpc) is 2.68. The molecule has 2 aromatic rings. The molecule has 4 rings (SSSR count). The molecule has 0 spiro atoms. The van der Waals surface area contributed by atoms with Gasteiger partial charge < -0.3 is 20.5 Å². The lowest BCUT2D eigenvalue weighted by molar-refractivity contribution is 0.252. The monoisotopic (exact) mass is 493 g/mol. The average molecular weight is 493 g/mol. The number of fused-ring (bicyclic) bond motifs is 1. The van der Waals surface area contributed by atoms with Crippen LogP contribution in [-0.4, -0.2) is 26.2 Å². The Hall–Kier alpha value is -1.96. The third-order valence-electron chi connectivity index (χ3n) is 5.85. The minimum atomic E-state index is 0. The van der Waals surface area contributed by atoms with E-state index in [1.54, 1.807) is 7.11 Å². The number of nitrogens with one attached hydrogen (secondary N) is 1. The number of halogens is 1. The van der Waals surface area contributed by atoms with Crippen LogP contribution in [0.3, 0.4) is 0 Å². The molecule has 1 atom stereocenters. The molecule has 1 aliphatic carbocycles. The van der Waals surface area contributed by atoms with Crippen molar-refractivity contribution in [3.63, 3.8) is 0 Å². The van der Waals surface area contributed by atoms with Crippen LogP contribution in [0.4, 0.5) is 0 Å². The van der Waals surface area contributed by atoms with Crippen LogP contribution in [0.1, 0.15) is 42.9 Å². The first kappa shape index (κ1) is 20.8. The zero-order valence-corrected chi connectivity index (χ0v) is 18.5. The van der Waals surface area contributed by atoms with Crippen molar-refractivity contribution in [3.05, 3.63) is 59.7 Å². The maximum atomic E-state index is 6.25. The molecule has 1 aliphatic heterocycles. The summed E-state index contributed by atoms with van der Waals surface area (Å²) < 4.78 is 11.0. The molecule has 1 saturated carbocycles. The maximum Gasteiger partial charge on any atom is 0.189 e. The summed E-state index contributed by atoms with van der Waals surface area (Å²) in [7, 11) is 1.69. The normalized spacial score (nSPS) is 20.0. The first-order valence-corrected chi connectivity index (χ1v) is 9.63. The second-order valence-electron chi connectivity index (χ2n) is 7.44. The van der Waals surface area contributed by atoms with Gasteiger partial charge in [-0.2, -0.15) is 0 Å². The number of methoxy groups -OCH3 is 1. The van der Waals surface area contributed by atoms with Crippen LogP contribution in [0.25, 0.3) is 0 Å². The van der Waals surface area contributed by atoms with Gasteiger partial charge in [0, 0.05) is 17.4 Å². The van der Waals surface area contributed by atoms with Gasteiger partial charge in [0.05, 0.1) is 26.3 Å². The number of hydrogen-bond acceptors (Lipinski definition) is 3. The van der Waals surface area contributed by atoms with Gasteiger partial charge in [-0.3, -0.25) is 4.99 Å². The Morgan fingerprint density at radius 3 is 2.64 bits per heavy atom. The smallest absolute Gasteiger partial charge is 0.189 e. The van der Waals surface area contributed by atoms with Crippen LogP contribution in [0.15, 0.2) is 53.5 Å². The standard InChI is InChI=1S/C22H27N3O2.HI/c1-26-17-9-7-16(8-10-17)22(12-4-13-22)15-24-21(23)25-19-11-14-27-20-6-3-2-5-18(19)20;/h2-3,5-10,19H,4,11-15H2,1H3,(H3,23,24,25);1H. The lowest BCUT2D eigenvalue weighted by Gasteiger charge is -2.41. The highest BCUT2D eigenvalue weighted by atomic mass is 127. The molecular formula is C22H28IN3O2. The van der Waals surface area contributed by atoms with E-state index in [1.807, 2.05) is 30.3 Å². The van der Waals surface area contributed by atoms with Crippen molar-refractivity contribution >= 4 is 29.9 Å². The van der Waals surface area contributed by atoms with Gasteiger partial charge in [0.2, 0.25) is 0 Å². The highest BCUT2D eigenvalue weighted by Gasteiger charge is 2.38. The molecule has 0 amide bonds. The number of hydrogen-bond donors (Lipinski definition) is 2. The molecule has 0 saturated heterocycles. The predicted octanol–water partition coefficient (Wildman–Crippen LogP) is 4.16. The highest BCUT2D eigenvalue weighted by molar-refractivity contribution is 14.0. The summed E-state index contributed by atoms with van der Waals surface area (Å²) in [6.07, 6.45) is 4.42. The predicted molar refractivity (Wildman–Crippen MR) is 123 cm³/mol. The number of aliphatic imine (C=N–C) groups is 1. The molecular weight excluding hydrogens is 465 g/mol. The largest absolute Gasteiger partial charge is 0.497 e. The van der Waals surface area contributed by atoms with E-state index in [4.69, 9.17) is 20.2 Å². The second-order valence-corrected chi connectivity index (χ2v) is 7.44. The minimum Gasteiger partial charge on any atom is -0.497 e. The van der Waals surface area contributed by atoms with Gasteiger partial charge in [0.25, 0.3) is 0 Å². The molecule has 28 heavy (non-hydrogen) atoms. The molecule has 0 radical (unpaired) electrons. The highest BCUT2D eigenvalue weighted by Crippen LogP contribution is 2.44. The van der Waals surface area contributed by atoms with Crippen molar-refractivity contribution < 1.29 is 9.47 Å². The fourth-order valence-electron chi connectivity index (χ4n) is 4.04. The fourth-order valence-corrected chi connectivity index (χ4v) is 4.04. The molecule has 1 fully saturated rings. The van der Waals surface area contributed by atoms with Crippen LogP contribution in [-0.2, 0) is 5.41 Å². The summed E-state index contributed by atoms with van der Waals surface area (Å²) >= 11 is 0. The van der Waals surface area contributed by atoms with Crippen LogP contribution >= 0.6 is 24.0 Å². The molecule has 2 aromatic carbocycles. The van der Waals surface area contributed by atoms with Gasteiger partial charge in [-0.05, 0) is 36.6 Å². The number of rotatable bonds is 5. The molecule has 1 heterocycles. The summed E-state index contributed by atoms with van der Waals surface area (Å²) in [5, 5.41) is 3.39. The summed E-state index contributed by atoms with van der Waals surface area (Å²) in [4.78, 5) is 4.72. The molecule has 6 heteroatoms. The van der Waals surface area contributed by atoms with E-state index in [0.29, 0.717) is 19.1 Å². The zero-order chi connectivity index (χ0) is 18.7. The number of guanidine groups is 1. The van der Waals surface area contributed by atoms with Gasteiger partial charge in [-0.25, -0.2) is 0 Å². The van der Waals surface area contributed by atoms with E-state index < -0.39 is 0 Å². The maximum absolute atomic E-state index is 6.25. The third-order valence-corrected chi connectivity index (χ3v) is 5.85. The minimum absolute atomic E-state index is 0. The van der Waals surface area contributed by atoms with E-state index in [-0.39, 0.29) is 35.4 Å². The Morgan fingerprint density at radius 1 is 1.21 bits per heavy atom. The molecule has 1 unspecified atom stereocenters. The first-order chi connectivity index (χ1) is 13.2. The molecule has 150 valence electrons. The number of ether oxygens (including phenoxy) is 2. The summed E-state index contributed by atoms with van der Waals surface area (Å²) in [5.41, 5.74) is 8.82. The summed E-state index contributed by atoms with van der Waals surface area (Å²) in [6, 6.07) is 16.6. The van der Waals surface area contributed by atoms with Crippen molar-refractivity contribution in [2.45, 2.75) is 37.1 Å². The molecule has 0 bridgehead atoms.